The Hall–Kier alpha value is -0.980. The van der Waals surface area contributed by atoms with E-state index in [1.54, 1.807) is 0 Å². The van der Waals surface area contributed by atoms with Crippen molar-refractivity contribution in [2.24, 2.45) is 11.8 Å². The molecule has 7 heteroatoms. The van der Waals surface area contributed by atoms with Crippen LogP contribution in [0.15, 0.2) is 22.8 Å². The molecule has 1 aliphatic carbocycles. The fourth-order valence-corrected chi connectivity index (χ4v) is 3.43. The summed E-state index contributed by atoms with van der Waals surface area (Å²) in [5, 5.41) is 9.51. The Balaban J connectivity index is 3.02. The van der Waals surface area contributed by atoms with Gasteiger partial charge in [0, 0.05) is 5.92 Å². The van der Waals surface area contributed by atoms with Crippen LogP contribution in [0, 0.1) is 11.8 Å². The van der Waals surface area contributed by atoms with Crippen molar-refractivity contribution in [1.82, 2.24) is 0 Å². The molecule has 0 unspecified atom stereocenters. The lowest BCUT2D eigenvalue weighted by Gasteiger charge is -2.42. The van der Waals surface area contributed by atoms with Crippen LogP contribution in [-0.4, -0.2) is 23.1 Å². The molecule has 0 aliphatic heterocycles. The van der Waals surface area contributed by atoms with Crippen molar-refractivity contribution < 1.29 is 31.4 Å². The van der Waals surface area contributed by atoms with Crippen LogP contribution in [0.3, 0.4) is 0 Å². The highest BCUT2D eigenvalue weighted by atomic mass is 19.4. The molecule has 1 nitrogen and oxygen atoms in total. The second-order valence-corrected chi connectivity index (χ2v) is 6.99. The van der Waals surface area contributed by atoms with E-state index in [2.05, 4.69) is 0 Å². The third-order valence-electron chi connectivity index (χ3n) is 4.64. The SMILES string of the molecule is CC(C)=CC(=C(C)C)C1CCC(C(O)(C(F)(F)F)C(F)(F)F)CC1. The molecular formula is C17H24F6O. The van der Waals surface area contributed by atoms with Gasteiger partial charge in [0.2, 0.25) is 0 Å². The lowest BCUT2D eigenvalue weighted by Crippen LogP contribution is -2.62. The van der Waals surface area contributed by atoms with Gasteiger partial charge in [-0.25, -0.2) is 0 Å². The van der Waals surface area contributed by atoms with Gasteiger partial charge in [-0.1, -0.05) is 17.2 Å². The zero-order valence-corrected chi connectivity index (χ0v) is 14.3. The van der Waals surface area contributed by atoms with Crippen LogP contribution in [0.1, 0.15) is 53.4 Å². The molecule has 0 radical (unpaired) electrons. The molecule has 0 saturated heterocycles. The fourth-order valence-electron chi connectivity index (χ4n) is 3.43. The summed E-state index contributed by atoms with van der Waals surface area (Å²) >= 11 is 0. The molecule has 0 aromatic carbocycles. The van der Waals surface area contributed by atoms with Gasteiger partial charge in [0.1, 0.15) is 0 Å². The van der Waals surface area contributed by atoms with Crippen LogP contribution in [0.4, 0.5) is 26.3 Å². The summed E-state index contributed by atoms with van der Waals surface area (Å²) in [6, 6.07) is 0. The van der Waals surface area contributed by atoms with Crippen LogP contribution in [0.2, 0.25) is 0 Å². The van der Waals surface area contributed by atoms with E-state index in [1.807, 2.05) is 33.8 Å². The van der Waals surface area contributed by atoms with E-state index < -0.39 is 23.9 Å². The molecule has 1 N–H and O–H groups in total. The van der Waals surface area contributed by atoms with Crippen molar-refractivity contribution >= 4 is 0 Å². The zero-order valence-electron chi connectivity index (χ0n) is 14.3. The molecule has 1 fully saturated rings. The molecule has 0 aromatic heterocycles. The maximum Gasteiger partial charge on any atom is 0.426 e. The second-order valence-electron chi connectivity index (χ2n) is 6.99. The van der Waals surface area contributed by atoms with Gasteiger partial charge in [-0.15, -0.1) is 0 Å². The Bertz CT molecular complexity index is 482. The topological polar surface area (TPSA) is 20.2 Å². The third-order valence-corrected chi connectivity index (χ3v) is 4.64. The smallest absolute Gasteiger partial charge is 0.373 e. The molecule has 1 rings (SSSR count). The first-order chi connectivity index (χ1) is 10.7. The van der Waals surface area contributed by atoms with E-state index in [4.69, 9.17) is 0 Å². The summed E-state index contributed by atoms with van der Waals surface area (Å²) in [5.74, 6) is -1.94. The van der Waals surface area contributed by atoms with Gasteiger partial charge < -0.3 is 5.11 Å². The number of halogens is 6. The van der Waals surface area contributed by atoms with Gasteiger partial charge in [0.25, 0.3) is 5.60 Å². The monoisotopic (exact) mass is 358 g/mol. The van der Waals surface area contributed by atoms with Gasteiger partial charge in [-0.05, 0) is 64.9 Å². The van der Waals surface area contributed by atoms with E-state index in [9.17, 15) is 31.4 Å². The van der Waals surface area contributed by atoms with Crippen LogP contribution in [0.5, 0.6) is 0 Å². The fraction of sp³-hybridized carbons (Fsp3) is 0.765. The highest BCUT2D eigenvalue weighted by Gasteiger charge is 2.73. The summed E-state index contributed by atoms with van der Waals surface area (Å²) in [6.07, 6.45) is -9.77. The number of rotatable bonds is 3. The van der Waals surface area contributed by atoms with Gasteiger partial charge in [-0.3, -0.25) is 0 Å². The van der Waals surface area contributed by atoms with Gasteiger partial charge in [-0.2, -0.15) is 26.3 Å². The standard InChI is InChI=1S/C17H24F6O/c1-10(2)9-14(11(3)4)12-5-7-13(8-6-12)15(24,16(18,19)20)17(21,22)23/h9,12-13,24H,5-8H2,1-4H3. The predicted octanol–water partition coefficient (Wildman–Crippen LogP) is 5.95. The maximum atomic E-state index is 13.0. The molecule has 24 heavy (non-hydrogen) atoms. The summed E-state index contributed by atoms with van der Waals surface area (Å²) in [4.78, 5) is 0. The molecule has 0 atom stereocenters. The summed E-state index contributed by atoms with van der Waals surface area (Å²) in [5.41, 5.74) is -1.64. The lowest BCUT2D eigenvalue weighted by atomic mass is 9.70. The van der Waals surface area contributed by atoms with E-state index in [0.29, 0.717) is 0 Å². The van der Waals surface area contributed by atoms with Gasteiger partial charge in [0.15, 0.2) is 0 Å². The number of alkyl halides is 6. The van der Waals surface area contributed by atoms with E-state index in [1.165, 1.54) is 0 Å². The Labute approximate surface area is 138 Å². The van der Waals surface area contributed by atoms with E-state index in [0.717, 1.165) is 16.7 Å². The van der Waals surface area contributed by atoms with Gasteiger partial charge in [0.05, 0.1) is 0 Å². The second kappa shape index (κ2) is 7.10. The average molecular weight is 358 g/mol. The van der Waals surface area contributed by atoms with Crippen LogP contribution in [-0.2, 0) is 0 Å². The van der Waals surface area contributed by atoms with Crippen molar-refractivity contribution in [3.8, 4) is 0 Å². The number of hydrogen-bond donors (Lipinski definition) is 1. The highest BCUT2D eigenvalue weighted by Crippen LogP contribution is 2.52. The maximum absolute atomic E-state index is 13.0. The van der Waals surface area contributed by atoms with Gasteiger partial charge >= 0.3 is 12.4 Å². The summed E-state index contributed by atoms with van der Waals surface area (Å²) in [6.45, 7) is 7.53. The lowest BCUT2D eigenvalue weighted by molar-refractivity contribution is -0.387. The average Bonchev–Trinajstić information content (AvgIpc) is 2.41. The van der Waals surface area contributed by atoms with Crippen molar-refractivity contribution in [1.29, 1.82) is 0 Å². The summed E-state index contributed by atoms with van der Waals surface area (Å²) in [7, 11) is 0. The zero-order chi connectivity index (χ0) is 18.9. The third kappa shape index (κ3) is 4.16. The van der Waals surface area contributed by atoms with Crippen LogP contribution >= 0.6 is 0 Å². The molecule has 0 bridgehead atoms. The first-order valence-electron chi connectivity index (χ1n) is 7.90. The Morgan fingerprint density at radius 2 is 1.25 bits per heavy atom. The molecule has 140 valence electrons. The minimum absolute atomic E-state index is 0.0770. The Morgan fingerprint density at radius 1 is 0.833 bits per heavy atom. The minimum atomic E-state index is -5.73. The van der Waals surface area contributed by atoms with Crippen LogP contribution < -0.4 is 0 Å². The molecule has 0 amide bonds. The summed E-state index contributed by atoms with van der Waals surface area (Å²) < 4.78 is 77.7. The predicted molar refractivity (Wildman–Crippen MR) is 80.3 cm³/mol. The quantitative estimate of drug-likeness (QED) is 0.488. The first kappa shape index (κ1) is 21.1. The highest BCUT2D eigenvalue weighted by molar-refractivity contribution is 5.29. The number of aliphatic hydroxyl groups is 1. The molecule has 1 saturated carbocycles. The van der Waals surface area contributed by atoms with Crippen molar-refractivity contribution in [3.05, 3.63) is 22.8 Å². The van der Waals surface area contributed by atoms with E-state index >= 15 is 0 Å². The Morgan fingerprint density at radius 3 is 1.54 bits per heavy atom. The van der Waals surface area contributed by atoms with Crippen molar-refractivity contribution in [2.75, 3.05) is 0 Å². The molecule has 0 aromatic rings. The first-order valence-corrected chi connectivity index (χ1v) is 7.90. The molecule has 0 spiro atoms. The van der Waals surface area contributed by atoms with E-state index in [-0.39, 0.29) is 31.6 Å². The normalized spacial score (nSPS) is 23.0. The largest absolute Gasteiger partial charge is 0.426 e. The van der Waals surface area contributed by atoms with Crippen molar-refractivity contribution in [2.45, 2.75) is 71.3 Å². The van der Waals surface area contributed by atoms with Crippen LogP contribution in [0.25, 0.3) is 0 Å². The number of allylic oxidation sites excluding steroid dienone is 4. The minimum Gasteiger partial charge on any atom is -0.373 e. The molecule has 1 aliphatic rings. The molecular weight excluding hydrogens is 334 g/mol. The number of hydrogen-bond acceptors (Lipinski definition) is 1. The molecule has 0 heterocycles. The Kier molecular flexibility index (Phi) is 6.23. The van der Waals surface area contributed by atoms with Crippen molar-refractivity contribution in [3.63, 3.8) is 0 Å².